The Hall–Kier alpha value is -4.47. The van der Waals surface area contributed by atoms with Crippen LogP contribution in [0.1, 0.15) is 43.7 Å². The molecule has 1 aromatic heterocycles. The minimum absolute atomic E-state index is 0.0577. The first kappa shape index (κ1) is 22.7. The van der Waals surface area contributed by atoms with E-state index < -0.39 is 29.0 Å². The van der Waals surface area contributed by atoms with Crippen molar-refractivity contribution in [1.82, 2.24) is 9.13 Å². The third-order valence-corrected chi connectivity index (χ3v) is 5.50. The topological polar surface area (TPSA) is 117 Å². The van der Waals surface area contributed by atoms with E-state index in [4.69, 9.17) is 9.47 Å². The molecule has 4 rings (SSSR count). The van der Waals surface area contributed by atoms with E-state index >= 15 is 0 Å². The Morgan fingerprint density at radius 3 is 2.21 bits per heavy atom. The molecule has 10 heteroatoms. The average molecular weight is 463 g/mol. The molecule has 2 amide bonds. The van der Waals surface area contributed by atoms with Crippen LogP contribution in [0, 0.1) is 0 Å². The molecule has 1 aliphatic rings. The van der Waals surface area contributed by atoms with Gasteiger partial charge in [-0.3, -0.25) is 23.5 Å². The maximum Gasteiger partial charge on any atom is 0.338 e. The molecule has 3 aromatic rings. The Bertz CT molecular complexity index is 1430. The van der Waals surface area contributed by atoms with Crippen LogP contribution in [0.5, 0.6) is 5.75 Å². The Balaban J connectivity index is 1.54. The number of ether oxygens (including phenoxy) is 2. The first-order valence-electron chi connectivity index (χ1n) is 10.4. The van der Waals surface area contributed by atoms with Gasteiger partial charge in [0.2, 0.25) is 0 Å². The Kier molecular flexibility index (Phi) is 5.89. The fourth-order valence-corrected chi connectivity index (χ4v) is 3.60. The third-order valence-electron chi connectivity index (χ3n) is 5.50. The number of carbonyl (C=O) groups excluding carboxylic acids is 3. The summed E-state index contributed by atoms with van der Waals surface area (Å²) in [5.41, 5.74) is -0.165. The third kappa shape index (κ3) is 3.90. The van der Waals surface area contributed by atoms with Crippen LogP contribution in [0.3, 0.4) is 0 Å². The molecule has 0 bridgehead atoms. The molecule has 2 heterocycles. The molecule has 1 aliphatic heterocycles. The molecule has 0 N–H and O–H groups in total. The van der Waals surface area contributed by atoms with E-state index in [1.54, 1.807) is 24.3 Å². The molecule has 0 spiro atoms. The molecular weight excluding hydrogens is 442 g/mol. The lowest BCUT2D eigenvalue weighted by molar-refractivity contribution is 0.0462. The monoisotopic (exact) mass is 463 g/mol. The summed E-state index contributed by atoms with van der Waals surface area (Å²) in [5, 5.41) is 0. The van der Waals surface area contributed by atoms with Crippen molar-refractivity contribution in [3.8, 4) is 5.75 Å². The van der Waals surface area contributed by atoms with Gasteiger partial charge in [-0.05, 0) is 49.4 Å². The van der Waals surface area contributed by atoms with Crippen LogP contribution in [-0.2, 0) is 25.4 Å². The van der Waals surface area contributed by atoms with E-state index in [2.05, 4.69) is 0 Å². The first-order valence-corrected chi connectivity index (χ1v) is 10.4. The molecule has 0 aliphatic carbocycles. The summed E-state index contributed by atoms with van der Waals surface area (Å²) in [7, 11) is 2.81. The maximum absolute atomic E-state index is 13.0. The molecular formula is C24H21N3O7. The van der Waals surface area contributed by atoms with Gasteiger partial charge in [-0.25, -0.2) is 14.5 Å². The second-order valence-corrected chi connectivity index (χ2v) is 7.58. The Labute approximate surface area is 193 Å². The summed E-state index contributed by atoms with van der Waals surface area (Å²) < 4.78 is 12.8. The molecule has 2 aromatic carbocycles. The number of amides is 2. The van der Waals surface area contributed by atoms with Crippen LogP contribution < -0.4 is 20.9 Å². The van der Waals surface area contributed by atoms with Crippen molar-refractivity contribution in [3.63, 3.8) is 0 Å². The summed E-state index contributed by atoms with van der Waals surface area (Å²) in [6.07, 6.45) is 0. The van der Waals surface area contributed by atoms with Crippen LogP contribution in [0.25, 0.3) is 0 Å². The summed E-state index contributed by atoms with van der Waals surface area (Å²) in [6.45, 7) is 2.02. The number of hydrogen-bond acceptors (Lipinski definition) is 7. The number of nitrogens with zero attached hydrogens (tertiary/aromatic N) is 3. The van der Waals surface area contributed by atoms with E-state index in [0.717, 1.165) is 9.47 Å². The van der Waals surface area contributed by atoms with Crippen molar-refractivity contribution in [1.29, 1.82) is 0 Å². The molecule has 0 fully saturated rings. The fourth-order valence-electron chi connectivity index (χ4n) is 3.60. The normalized spacial score (nSPS) is 12.6. The highest BCUT2D eigenvalue weighted by Gasteiger charge is 2.37. The number of rotatable bonds is 6. The summed E-state index contributed by atoms with van der Waals surface area (Å²) in [6, 6.07) is 11.8. The summed E-state index contributed by atoms with van der Waals surface area (Å²) in [4.78, 5) is 63.3. The molecule has 174 valence electrons. The van der Waals surface area contributed by atoms with Crippen molar-refractivity contribution >= 4 is 23.5 Å². The predicted molar refractivity (Wildman–Crippen MR) is 121 cm³/mol. The Morgan fingerprint density at radius 1 is 0.853 bits per heavy atom. The minimum Gasteiger partial charge on any atom is -0.494 e. The lowest BCUT2D eigenvalue weighted by Gasteiger charge is -2.14. The average Bonchev–Trinajstić information content (AvgIpc) is 3.09. The van der Waals surface area contributed by atoms with Crippen LogP contribution in [0.4, 0.5) is 5.69 Å². The first-order chi connectivity index (χ1) is 16.2. The van der Waals surface area contributed by atoms with Crippen LogP contribution >= 0.6 is 0 Å². The van der Waals surface area contributed by atoms with Gasteiger partial charge in [0.1, 0.15) is 12.4 Å². The SMILES string of the molecule is CCOc1ccc(N2C(=O)c3ccc(C(=O)OCc4cc(=O)n(C)c(=O)n4C)cc3C2=O)cc1. The molecule has 0 unspecified atom stereocenters. The van der Waals surface area contributed by atoms with Crippen LogP contribution in [-0.4, -0.2) is 33.5 Å². The number of benzene rings is 2. The smallest absolute Gasteiger partial charge is 0.338 e. The number of aromatic nitrogens is 2. The highest BCUT2D eigenvalue weighted by atomic mass is 16.5. The van der Waals surface area contributed by atoms with Gasteiger partial charge in [0.15, 0.2) is 0 Å². The number of hydrogen-bond donors (Lipinski definition) is 0. The van der Waals surface area contributed by atoms with Crippen molar-refractivity contribution in [2.75, 3.05) is 11.5 Å². The van der Waals surface area contributed by atoms with Crippen LogP contribution in [0.2, 0.25) is 0 Å². The lowest BCUT2D eigenvalue weighted by Crippen LogP contribution is -2.38. The van der Waals surface area contributed by atoms with Gasteiger partial charge in [-0.1, -0.05) is 0 Å². The van der Waals surface area contributed by atoms with Gasteiger partial charge in [0.25, 0.3) is 17.4 Å². The quantitative estimate of drug-likeness (QED) is 0.403. The fraction of sp³-hybridized carbons (Fsp3) is 0.208. The Morgan fingerprint density at radius 2 is 1.53 bits per heavy atom. The van der Waals surface area contributed by atoms with Crippen LogP contribution in [0.15, 0.2) is 58.1 Å². The number of carbonyl (C=O) groups is 3. The van der Waals surface area contributed by atoms with Gasteiger partial charge < -0.3 is 9.47 Å². The molecule has 0 radical (unpaired) electrons. The standard InChI is InChI=1S/C24H21N3O7/c1-4-33-17-8-6-15(7-9-17)27-21(29)18-10-5-14(11-19(18)22(27)30)23(31)34-13-16-12-20(28)26(3)24(32)25(16)2/h5-12H,4,13H2,1-3H3. The van der Waals surface area contributed by atoms with Gasteiger partial charge in [0, 0.05) is 20.2 Å². The van der Waals surface area contributed by atoms with Crippen molar-refractivity contribution < 1.29 is 23.9 Å². The lowest BCUT2D eigenvalue weighted by atomic mass is 10.1. The van der Waals surface area contributed by atoms with Crippen molar-refractivity contribution in [2.24, 2.45) is 14.1 Å². The molecule has 10 nitrogen and oxygen atoms in total. The summed E-state index contributed by atoms with van der Waals surface area (Å²) >= 11 is 0. The zero-order valence-corrected chi connectivity index (χ0v) is 18.7. The van der Waals surface area contributed by atoms with E-state index in [-0.39, 0.29) is 29.0 Å². The predicted octanol–water partition coefficient (Wildman–Crippen LogP) is 1.64. The molecule has 0 saturated carbocycles. The van der Waals surface area contributed by atoms with E-state index in [9.17, 15) is 24.0 Å². The minimum atomic E-state index is -0.768. The highest BCUT2D eigenvalue weighted by Crippen LogP contribution is 2.30. The zero-order valence-electron chi connectivity index (χ0n) is 18.7. The number of imide groups is 1. The second-order valence-electron chi connectivity index (χ2n) is 7.58. The molecule has 34 heavy (non-hydrogen) atoms. The molecule has 0 saturated heterocycles. The maximum atomic E-state index is 13.0. The van der Waals surface area contributed by atoms with Gasteiger partial charge in [-0.15, -0.1) is 0 Å². The summed E-state index contributed by atoms with van der Waals surface area (Å²) in [5.74, 6) is -1.22. The van der Waals surface area contributed by atoms with Crippen molar-refractivity contribution in [3.05, 3.63) is 91.8 Å². The number of esters is 1. The van der Waals surface area contributed by atoms with Gasteiger partial charge in [0.05, 0.1) is 34.7 Å². The largest absolute Gasteiger partial charge is 0.494 e. The van der Waals surface area contributed by atoms with E-state index in [1.165, 1.54) is 42.9 Å². The van der Waals surface area contributed by atoms with E-state index in [1.807, 2.05) is 6.92 Å². The number of fused-ring (bicyclic) bond motifs is 1. The van der Waals surface area contributed by atoms with Gasteiger partial charge in [-0.2, -0.15) is 0 Å². The van der Waals surface area contributed by atoms with Crippen molar-refractivity contribution in [2.45, 2.75) is 13.5 Å². The number of anilines is 1. The van der Waals surface area contributed by atoms with E-state index in [0.29, 0.717) is 18.0 Å². The van der Waals surface area contributed by atoms with Gasteiger partial charge >= 0.3 is 11.7 Å². The zero-order chi connectivity index (χ0) is 24.6. The second kappa shape index (κ2) is 8.81. The highest BCUT2D eigenvalue weighted by molar-refractivity contribution is 6.34. The molecule has 0 atom stereocenters.